The fraction of sp³-hybridized carbons (Fsp3) is 0.300. The smallest absolute Gasteiger partial charge is 0.265 e. The molecule has 5 nitrogen and oxygen atoms in total. The first-order valence-corrected chi connectivity index (χ1v) is 9.70. The third-order valence-corrected chi connectivity index (χ3v) is 5.74. The van der Waals surface area contributed by atoms with E-state index >= 15 is 0 Å². The fourth-order valence-corrected chi connectivity index (χ4v) is 4.23. The van der Waals surface area contributed by atoms with E-state index in [1.54, 1.807) is 24.7 Å². The number of benzene rings is 1. The Morgan fingerprint density at radius 3 is 2.62 bits per heavy atom. The largest absolute Gasteiger partial charge is 0.338 e. The van der Waals surface area contributed by atoms with Crippen LogP contribution in [0.1, 0.15) is 40.4 Å². The van der Waals surface area contributed by atoms with Crippen LogP contribution in [0.25, 0.3) is 10.8 Å². The van der Waals surface area contributed by atoms with Crippen molar-refractivity contribution in [3.05, 3.63) is 65.4 Å². The van der Waals surface area contributed by atoms with Gasteiger partial charge in [-0.15, -0.1) is 11.3 Å². The summed E-state index contributed by atoms with van der Waals surface area (Å²) >= 11 is 1.36. The summed E-state index contributed by atoms with van der Waals surface area (Å²) in [6.45, 7) is 1.59. The predicted molar refractivity (Wildman–Crippen MR) is 102 cm³/mol. The second kappa shape index (κ2) is 7.74. The molecule has 0 spiro atoms. The lowest BCUT2D eigenvalue weighted by Gasteiger charge is -2.19. The second-order valence-corrected chi connectivity index (χ2v) is 7.46. The number of thiazole rings is 1. The molecule has 1 unspecified atom stereocenters. The van der Waals surface area contributed by atoms with Crippen LogP contribution in [0.3, 0.4) is 0 Å². The summed E-state index contributed by atoms with van der Waals surface area (Å²) < 4.78 is 0. The van der Waals surface area contributed by atoms with Gasteiger partial charge >= 0.3 is 0 Å². The molecule has 0 bridgehead atoms. The van der Waals surface area contributed by atoms with Crippen LogP contribution < -0.4 is 0 Å². The van der Waals surface area contributed by atoms with Crippen LogP contribution >= 0.6 is 11.3 Å². The number of carbonyl (C=O) groups excluding carboxylic acids is 1. The van der Waals surface area contributed by atoms with Crippen molar-refractivity contribution in [2.45, 2.75) is 25.2 Å². The predicted octanol–water partition coefficient (Wildman–Crippen LogP) is 4.01. The van der Waals surface area contributed by atoms with Crippen molar-refractivity contribution >= 4 is 17.2 Å². The van der Waals surface area contributed by atoms with Gasteiger partial charge in [0.1, 0.15) is 4.88 Å². The van der Waals surface area contributed by atoms with E-state index in [-0.39, 0.29) is 5.91 Å². The van der Waals surface area contributed by atoms with Crippen molar-refractivity contribution in [3.63, 3.8) is 0 Å². The molecule has 3 aromatic rings. The Bertz CT molecular complexity index is 866. The Morgan fingerprint density at radius 1 is 1.00 bits per heavy atom. The van der Waals surface area contributed by atoms with Crippen LogP contribution in [0.15, 0.2) is 55.0 Å². The van der Waals surface area contributed by atoms with Crippen LogP contribution in [-0.4, -0.2) is 38.8 Å². The summed E-state index contributed by atoms with van der Waals surface area (Å²) in [5, 5.41) is 0.686. The van der Waals surface area contributed by atoms with Crippen LogP contribution in [0.4, 0.5) is 0 Å². The molecular formula is C20H20N4OS. The number of likely N-dealkylation sites (tertiary alicyclic amines) is 1. The van der Waals surface area contributed by atoms with Gasteiger partial charge in [0.05, 0.1) is 6.20 Å². The average Bonchev–Trinajstić information content (AvgIpc) is 3.07. The zero-order valence-corrected chi connectivity index (χ0v) is 15.2. The van der Waals surface area contributed by atoms with Gasteiger partial charge in [0.2, 0.25) is 0 Å². The monoisotopic (exact) mass is 364 g/mol. The highest BCUT2D eigenvalue weighted by molar-refractivity contribution is 7.16. The number of hydrogen-bond acceptors (Lipinski definition) is 5. The maximum absolute atomic E-state index is 12.9. The number of carbonyl (C=O) groups is 1. The molecule has 26 heavy (non-hydrogen) atoms. The SMILES string of the molecule is O=C(c1cnc(-c2ncccn2)s1)N1CCCC(c2ccccc2)CC1. The number of rotatable bonds is 3. The Morgan fingerprint density at radius 2 is 1.81 bits per heavy atom. The minimum Gasteiger partial charge on any atom is -0.338 e. The fourth-order valence-electron chi connectivity index (χ4n) is 3.40. The molecule has 4 rings (SSSR count). The molecule has 1 saturated heterocycles. The van der Waals surface area contributed by atoms with E-state index in [1.165, 1.54) is 16.9 Å². The molecule has 6 heteroatoms. The molecule has 1 amide bonds. The van der Waals surface area contributed by atoms with Gasteiger partial charge in [0.25, 0.3) is 5.91 Å². The van der Waals surface area contributed by atoms with Crippen molar-refractivity contribution in [2.24, 2.45) is 0 Å². The average molecular weight is 364 g/mol. The van der Waals surface area contributed by atoms with Crippen LogP contribution in [0.5, 0.6) is 0 Å². The molecular weight excluding hydrogens is 344 g/mol. The highest BCUT2D eigenvalue weighted by Gasteiger charge is 2.24. The molecule has 1 aliphatic heterocycles. The van der Waals surface area contributed by atoms with Crippen molar-refractivity contribution < 1.29 is 4.79 Å². The van der Waals surface area contributed by atoms with E-state index in [2.05, 4.69) is 39.2 Å². The summed E-state index contributed by atoms with van der Waals surface area (Å²) in [6, 6.07) is 12.4. The molecule has 0 radical (unpaired) electrons. The molecule has 0 saturated carbocycles. The molecule has 0 aliphatic carbocycles. The molecule has 1 aliphatic rings. The third-order valence-electron chi connectivity index (χ3n) is 4.76. The normalized spacial score (nSPS) is 17.7. The van der Waals surface area contributed by atoms with Crippen molar-refractivity contribution in [1.29, 1.82) is 0 Å². The standard InChI is InChI=1S/C20H20N4OS/c25-20(17-14-23-19(26-17)18-21-10-5-11-22-18)24-12-4-8-16(9-13-24)15-6-2-1-3-7-15/h1-3,5-7,10-11,14,16H,4,8-9,12-13H2. The first-order valence-electron chi connectivity index (χ1n) is 8.89. The molecule has 0 N–H and O–H groups in total. The van der Waals surface area contributed by atoms with Gasteiger partial charge in [-0.2, -0.15) is 0 Å². The lowest BCUT2D eigenvalue weighted by molar-refractivity contribution is 0.0765. The van der Waals surface area contributed by atoms with Crippen LogP contribution in [-0.2, 0) is 0 Å². The van der Waals surface area contributed by atoms with Crippen LogP contribution in [0, 0.1) is 0 Å². The van der Waals surface area contributed by atoms with Gasteiger partial charge in [-0.1, -0.05) is 30.3 Å². The summed E-state index contributed by atoms with van der Waals surface area (Å²) in [7, 11) is 0. The van der Waals surface area contributed by atoms with Gasteiger partial charge in [0, 0.05) is 25.5 Å². The summed E-state index contributed by atoms with van der Waals surface area (Å²) in [6.07, 6.45) is 8.17. The molecule has 1 atom stereocenters. The van der Waals surface area contributed by atoms with E-state index in [0.717, 1.165) is 32.4 Å². The maximum Gasteiger partial charge on any atom is 0.265 e. The minimum absolute atomic E-state index is 0.0680. The van der Waals surface area contributed by atoms with Gasteiger partial charge in [-0.05, 0) is 36.8 Å². The zero-order valence-electron chi connectivity index (χ0n) is 14.4. The molecule has 132 valence electrons. The second-order valence-electron chi connectivity index (χ2n) is 6.43. The van der Waals surface area contributed by atoms with Crippen molar-refractivity contribution in [3.8, 4) is 10.8 Å². The van der Waals surface area contributed by atoms with Crippen molar-refractivity contribution in [2.75, 3.05) is 13.1 Å². The molecule has 1 fully saturated rings. The van der Waals surface area contributed by atoms with E-state index in [9.17, 15) is 4.79 Å². The Hall–Kier alpha value is -2.60. The quantitative estimate of drug-likeness (QED) is 0.704. The number of aromatic nitrogens is 3. The van der Waals surface area contributed by atoms with Gasteiger partial charge < -0.3 is 4.90 Å². The lowest BCUT2D eigenvalue weighted by Crippen LogP contribution is -2.31. The van der Waals surface area contributed by atoms with Gasteiger partial charge in [0.15, 0.2) is 10.8 Å². The van der Waals surface area contributed by atoms with E-state index < -0.39 is 0 Å². The number of hydrogen-bond donors (Lipinski definition) is 0. The first-order chi connectivity index (χ1) is 12.8. The lowest BCUT2D eigenvalue weighted by atomic mass is 9.92. The first kappa shape index (κ1) is 16.8. The number of nitrogens with zero attached hydrogens (tertiary/aromatic N) is 4. The van der Waals surface area contributed by atoms with Gasteiger partial charge in [-0.25, -0.2) is 15.0 Å². The molecule has 1 aromatic carbocycles. The van der Waals surface area contributed by atoms with Crippen molar-refractivity contribution in [1.82, 2.24) is 19.9 Å². The minimum atomic E-state index is 0.0680. The van der Waals surface area contributed by atoms with E-state index in [0.29, 0.717) is 21.6 Å². The zero-order chi connectivity index (χ0) is 17.8. The molecule has 2 aromatic heterocycles. The molecule has 3 heterocycles. The number of amides is 1. The summed E-state index contributed by atoms with van der Waals surface area (Å²) in [5.74, 6) is 1.17. The van der Waals surface area contributed by atoms with Gasteiger partial charge in [-0.3, -0.25) is 4.79 Å². The highest BCUT2D eigenvalue weighted by Crippen LogP contribution is 2.29. The maximum atomic E-state index is 12.9. The Kier molecular flexibility index (Phi) is 5.02. The Balaban J connectivity index is 1.45. The summed E-state index contributed by atoms with van der Waals surface area (Å²) in [4.78, 5) is 28.3. The van der Waals surface area contributed by atoms with E-state index in [1.807, 2.05) is 11.0 Å². The summed E-state index contributed by atoms with van der Waals surface area (Å²) in [5.41, 5.74) is 1.38. The highest BCUT2D eigenvalue weighted by atomic mass is 32.1. The Labute approximate surface area is 156 Å². The van der Waals surface area contributed by atoms with Crippen LogP contribution in [0.2, 0.25) is 0 Å². The van der Waals surface area contributed by atoms with E-state index in [4.69, 9.17) is 0 Å². The topological polar surface area (TPSA) is 59.0 Å². The third kappa shape index (κ3) is 3.65.